The maximum Gasteiger partial charge on any atom is 0.316 e. The van der Waals surface area contributed by atoms with Gasteiger partial charge in [-0.15, -0.1) is 0 Å². The van der Waals surface area contributed by atoms with E-state index in [1.165, 1.54) is 12.1 Å². The smallest absolute Gasteiger partial charge is 0.316 e. The average Bonchev–Trinajstić information content (AvgIpc) is 3.09. The minimum Gasteiger partial charge on any atom is -0.455 e. The average molecular weight is 401 g/mol. The summed E-state index contributed by atoms with van der Waals surface area (Å²) in [7, 11) is 0. The van der Waals surface area contributed by atoms with E-state index in [9.17, 15) is 19.7 Å². The molecular formula is C18H15N3O6S. The van der Waals surface area contributed by atoms with Crippen molar-refractivity contribution in [2.75, 3.05) is 17.7 Å². The lowest BCUT2D eigenvalue weighted by molar-refractivity contribution is -0.384. The second kappa shape index (κ2) is 8.53. The molecule has 2 aromatic carbocycles. The Hall–Kier alpha value is -3.40. The van der Waals surface area contributed by atoms with Crippen molar-refractivity contribution in [1.29, 1.82) is 0 Å². The van der Waals surface area contributed by atoms with E-state index >= 15 is 0 Å². The zero-order valence-corrected chi connectivity index (χ0v) is 15.5. The number of nitrogens with zero attached hydrogens (tertiary/aromatic N) is 2. The van der Waals surface area contributed by atoms with Crippen LogP contribution in [0.1, 0.15) is 5.56 Å². The summed E-state index contributed by atoms with van der Waals surface area (Å²) in [5.74, 6) is -1.40. The number of nitro benzene ring substituents is 1. The fraction of sp³-hybridized carbons (Fsp3) is 0.167. The monoisotopic (exact) mass is 401 g/mol. The molecule has 0 saturated carbocycles. The van der Waals surface area contributed by atoms with Crippen LogP contribution in [0, 0.1) is 17.0 Å². The zero-order valence-electron chi connectivity index (χ0n) is 14.7. The first-order valence-corrected chi connectivity index (χ1v) is 9.10. The van der Waals surface area contributed by atoms with Gasteiger partial charge in [-0.1, -0.05) is 36.0 Å². The summed E-state index contributed by atoms with van der Waals surface area (Å²) < 4.78 is 10.4. The molecular weight excluding hydrogens is 386 g/mol. The van der Waals surface area contributed by atoms with Gasteiger partial charge in [-0.2, -0.15) is 0 Å². The Morgan fingerprint density at radius 3 is 2.79 bits per heavy atom. The first kappa shape index (κ1) is 19.4. The van der Waals surface area contributed by atoms with Gasteiger partial charge in [0.05, 0.1) is 4.92 Å². The van der Waals surface area contributed by atoms with Crippen molar-refractivity contribution < 1.29 is 23.7 Å². The molecule has 0 aliphatic carbocycles. The Balaban J connectivity index is 1.50. The molecule has 1 heterocycles. The molecule has 3 rings (SSSR count). The first-order valence-electron chi connectivity index (χ1n) is 8.12. The number of hydrogen-bond acceptors (Lipinski definition) is 8. The summed E-state index contributed by atoms with van der Waals surface area (Å²) in [6.07, 6.45) is 0. The number of para-hydroxylation sites is 3. The number of thioether (sulfide) groups is 1. The number of aryl methyl sites for hydroxylation is 1. The topological polar surface area (TPSA) is 125 Å². The highest BCUT2D eigenvalue weighted by Gasteiger charge is 2.18. The number of anilines is 1. The number of benzene rings is 2. The molecule has 0 aliphatic rings. The number of nitro groups is 1. The lowest BCUT2D eigenvalue weighted by atomic mass is 10.1. The van der Waals surface area contributed by atoms with E-state index in [4.69, 9.17) is 9.15 Å². The van der Waals surface area contributed by atoms with Gasteiger partial charge in [0, 0.05) is 6.07 Å². The molecule has 0 bridgehead atoms. The Morgan fingerprint density at radius 2 is 2.04 bits per heavy atom. The fourth-order valence-corrected chi connectivity index (χ4v) is 3.00. The zero-order chi connectivity index (χ0) is 20.1. The summed E-state index contributed by atoms with van der Waals surface area (Å²) >= 11 is 1.05. The second-order valence-electron chi connectivity index (χ2n) is 5.67. The standard InChI is InChI=1S/C18H15N3O6S/c1-11-5-4-7-13(21(24)25)17(11)20-15(22)9-26-16(23)10-28-18-19-12-6-2-3-8-14(12)27-18/h2-8H,9-10H2,1H3,(H,20,22). The Bertz CT molecular complexity index is 1020. The lowest BCUT2D eigenvalue weighted by Crippen LogP contribution is -2.22. The van der Waals surface area contributed by atoms with Crippen molar-refractivity contribution in [3.05, 3.63) is 58.1 Å². The Kier molecular flexibility index (Phi) is 5.90. The third-order valence-electron chi connectivity index (χ3n) is 3.66. The van der Waals surface area contributed by atoms with E-state index < -0.39 is 23.4 Å². The second-order valence-corrected chi connectivity index (χ2v) is 6.60. The number of rotatable bonds is 7. The van der Waals surface area contributed by atoms with Gasteiger partial charge in [-0.05, 0) is 24.6 Å². The molecule has 0 unspecified atom stereocenters. The van der Waals surface area contributed by atoms with Crippen molar-refractivity contribution in [2.45, 2.75) is 12.1 Å². The number of carbonyl (C=O) groups excluding carboxylic acids is 2. The quantitative estimate of drug-likeness (QED) is 0.277. The van der Waals surface area contributed by atoms with Gasteiger partial charge in [0.2, 0.25) is 0 Å². The number of hydrogen-bond donors (Lipinski definition) is 1. The van der Waals surface area contributed by atoms with Crippen LogP contribution in [0.5, 0.6) is 0 Å². The Morgan fingerprint density at radius 1 is 1.25 bits per heavy atom. The largest absolute Gasteiger partial charge is 0.455 e. The highest BCUT2D eigenvalue weighted by molar-refractivity contribution is 7.99. The molecule has 1 N–H and O–H groups in total. The van der Waals surface area contributed by atoms with E-state index in [1.807, 2.05) is 12.1 Å². The lowest BCUT2D eigenvalue weighted by Gasteiger charge is -2.09. The number of amides is 1. The van der Waals surface area contributed by atoms with Crippen LogP contribution < -0.4 is 5.32 Å². The normalized spacial score (nSPS) is 10.6. The van der Waals surface area contributed by atoms with Crippen LogP contribution in [-0.4, -0.2) is 34.1 Å². The number of oxazole rings is 1. The fourth-order valence-electron chi connectivity index (χ4n) is 2.36. The Labute approximate surface area is 163 Å². The summed E-state index contributed by atoms with van der Waals surface area (Å²) in [5, 5.41) is 13.8. The first-order chi connectivity index (χ1) is 13.4. The number of aromatic nitrogens is 1. The molecule has 0 spiro atoms. The molecule has 3 aromatic rings. The molecule has 9 nitrogen and oxygen atoms in total. The maximum atomic E-state index is 12.0. The van der Waals surface area contributed by atoms with Crippen LogP contribution in [0.3, 0.4) is 0 Å². The molecule has 0 aliphatic heterocycles. The van der Waals surface area contributed by atoms with Crippen LogP contribution in [0.15, 0.2) is 52.1 Å². The molecule has 0 saturated heterocycles. The third-order valence-corrected chi connectivity index (χ3v) is 4.47. The van der Waals surface area contributed by atoms with Crippen molar-refractivity contribution in [3.8, 4) is 0 Å². The predicted octanol–water partition coefficient (Wildman–Crippen LogP) is 3.32. The number of carbonyl (C=O) groups is 2. The van der Waals surface area contributed by atoms with E-state index in [1.54, 1.807) is 25.1 Å². The minimum atomic E-state index is -0.669. The summed E-state index contributed by atoms with van der Waals surface area (Å²) in [4.78, 5) is 38.5. The van der Waals surface area contributed by atoms with E-state index in [-0.39, 0.29) is 17.1 Å². The van der Waals surface area contributed by atoms with E-state index in [0.29, 0.717) is 21.9 Å². The molecule has 28 heavy (non-hydrogen) atoms. The highest BCUT2D eigenvalue weighted by Crippen LogP contribution is 2.27. The van der Waals surface area contributed by atoms with Crippen molar-refractivity contribution in [2.24, 2.45) is 0 Å². The molecule has 0 radical (unpaired) electrons. The summed E-state index contributed by atoms with van der Waals surface area (Å²) in [6.45, 7) is 1.07. The molecule has 1 aromatic heterocycles. The van der Waals surface area contributed by atoms with Gasteiger partial charge in [0.25, 0.3) is 16.8 Å². The van der Waals surface area contributed by atoms with E-state index in [2.05, 4.69) is 10.3 Å². The van der Waals surface area contributed by atoms with Crippen LogP contribution in [0.25, 0.3) is 11.1 Å². The number of fused-ring (bicyclic) bond motifs is 1. The SMILES string of the molecule is Cc1cccc([N+](=O)[O-])c1NC(=O)COC(=O)CSc1nc2ccccc2o1. The van der Waals surface area contributed by atoms with Crippen molar-refractivity contribution in [3.63, 3.8) is 0 Å². The van der Waals surface area contributed by atoms with E-state index in [0.717, 1.165) is 11.8 Å². The van der Waals surface area contributed by atoms with Crippen LogP contribution in [0.2, 0.25) is 0 Å². The minimum absolute atomic E-state index is 0.0781. The number of esters is 1. The molecule has 144 valence electrons. The maximum absolute atomic E-state index is 12.0. The third kappa shape index (κ3) is 4.65. The highest BCUT2D eigenvalue weighted by atomic mass is 32.2. The van der Waals surface area contributed by atoms with Crippen molar-refractivity contribution >= 4 is 46.1 Å². The molecule has 0 fully saturated rings. The van der Waals surface area contributed by atoms with Gasteiger partial charge in [-0.3, -0.25) is 19.7 Å². The molecule has 1 amide bonds. The molecule has 10 heteroatoms. The van der Waals surface area contributed by atoms with Crippen LogP contribution >= 0.6 is 11.8 Å². The van der Waals surface area contributed by atoms with Crippen LogP contribution in [-0.2, 0) is 14.3 Å². The van der Waals surface area contributed by atoms with Gasteiger partial charge >= 0.3 is 5.97 Å². The summed E-state index contributed by atoms with van der Waals surface area (Å²) in [5.41, 5.74) is 1.66. The van der Waals surface area contributed by atoms with Gasteiger partial charge < -0.3 is 14.5 Å². The van der Waals surface area contributed by atoms with Crippen LogP contribution in [0.4, 0.5) is 11.4 Å². The molecule has 0 atom stereocenters. The van der Waals surface area contributed by atoms with Gasteiger partial charge in [-0.25, -0.2) is 4.98 Å². The van der Waals surface area contributed by atoms with Gasteiger partial charge in [0.15, 0.2) is 12.2 Å². The van der Waals surface area contributed by atoms with Crippen molar-refractivity contribution in [1.82, 2.24) is 4.98 Å². The summed E-state index contributed by atoms with van der Waals surface area (Å²) in [6, 6.07) is 11.6. The van der Waals surface area contributed by atoms with Gasteiger partial charge in [0.1, 0.15) is 17.0 Å². The number of nitrogens with one attached hydrogen (secondary N) is 1. The predicted molar refractivity (Wildman–Crippen MR) is 102 cm³/mol. The number of ether oxygens (including phenoxy) is 1.